The average molecular weight is 344 g/mol. The highest BCUT2D eigenvalue weighted by Gasteiger charge is 2.46. The molecule has 1 aromatic rings. The van der Waals surface area contributed by atoms with Crippen molar-refractivity contribution in [3.63, 3.8) is 0 Å². The Kier molecular flexibility index (Phi) is 6.03. The number of benzene rings is 1. The summed E-state index contributed by atoms with van der Waals surface area (Å²) in [6.45, 7) is 10.8. The van der Waals surface area contributed by atoms with Gasteiger partial charge < -0.3 is 9.26 Å². The standard InChI is InChI=1S/C17H26FO4P/c1-7-21-15(19)17(5,6)12-23(20,16(2,3)4)22-14-10-8-13(18)9-11-14/h8-11H,7,12H2,1-6H3/t23-/m1/s1. The third kappa shape index (κ3) is 5.07. The van der Waals surface area contributed by atoms with Gasteiger partial charge in [0, 0.05) is 5.16 Å². The summed E-state index contributed by atoms with van der Waals surface area (Å²) < 4.78 is 37.4. The molecule has 0 saturated heterocycles. The molecule has 0 spiro atoms. The van der Waals surface area contributed by atoms with Gasteiger partial charge in [0.15, 0.2) is 0 Å². The Morgan fingerprint density at radius 1 is 1.13 bits per heavy atom. The van der Waals surface area contributed by atoms with Crippen LogP contribution in [0.4, 0.5) is 4.39 Å². The van der Waals surface area contributed by atoms with Crippen LogP contribution < -0.4 is 4.52 Å². The van der Waals surface area contributed by atoms with Crippen molar-refractivity contribution < 1.29 is 23.0 Å². The minimum absolute atomic E-state index is 0.0414. The lowest BCUT2D eigenvalue weighted by atomic mass is 9.97. The van der Waals surface area contributed by atoms with Crippen LogP contribution >= 0.6 is 7.37 Å². The molecule has 0 aliphatic heterocycles. The van der Waals surface area contributed by atoms with Crippen molar-refractivity contribution in [2.45, 2.75) is 46.7 Å². The Balaban J connectivity index is 3.11. The first kappa shape index (κ1) is 19.7. The monoisotopic (exact) mass is 344 g/mol. The molecule has 0 amide bonds. The fraction of sp³-hybridized carbons (Fsp3) is 0.588. The predicted octanol–water partition coefficient (Wildman–Crippen LogP) is 4.87. The largest absolute Gasteiger partial charge is 0.466 e. The topological polar surface area (TPSA) is 52.6 Å². The number of carbonyl (C=O) groups excluding carboxylic acids is 1. The van der Waals surface area contributed by atoms with Gasteiger partial charge in [0.2, 0.25) is 0 Å². The summed E-state index contributed by atoms with van der Waals surface area (Å²) >= 11 is 0. The molecule has 0 aliphatic rings. The van der Waals surface area contributed by atoms with Crippen molar-refractivity contribution in [3.8, 4) is 5.75 Å². The molecule has 0 saturated carbocycles. The van der Waals surface area contributed by atoms with Crippen molar-refractivity contribution >= 4 is 13.3 Å². The molecule has 23 heavy (non-hydrogen) atoms. The molecule has 6 heteroatoms. The highest BCUT2D eigenvalue weighted by Crippen LogP contribution is 2.61. The molecule has 0 aromatic heterocycles. The predicted molar refractivity (Wildman–Crippen MR) is 89.7 cm³/mol. The SMILES string of the molecule is CCOC(=O)C(C)(C)C[P@@](=O)(Oc1ccc(F)cc1)C(C)(C)C. The van der Waals surface area contributed by atoms with E-state index in [1.807, 2.05) is 0 Å². The lowest BCUT2D eigenvalue weighted by Crippen LogP contribution is -2.35. The Labute approximate surface area is 137 Å². The van der Waals surface area contributed by atoms with Crippen molar-refractivity contribution in [2.75, 3.05) is 12.8 Å². The fourth-order valence-electron chi connectivity index (χ4n) is 1.98. The van der Waals surface area contributed by atoms with E-state index in [1.165, 1.54) is 24.3 Å². The molecule has 0 bridgehead atoms. The maximum Gasteiger partial charge on any atom is 0.312 e. The normalized spacial score (nSPS) is 14.9. The minimum Gasteiger partial charge on any atom is -0.466 e. The molecule has 0 heterocycles. The number of carbonyl (C=O) groups is 1. The second-order valence-electron chi connectivity index (χ2n) is 7.15. The third-order valence-corrected chi connectivity index (χ3v) is 7.28. The van der Waals surface area contributed by atoms with Crippen LogP contribution in [0.5, 0.6) is 5.75 Å². The first-order valence-corrected chi connectivity index (χ1v) is 9.44. The van der Waals surface area contributed by atoms with Crippen molar-refractivity contribution in [1.82, 2.24) is 0 Å². The van der Waals surface area contributed by atoms with Crippen LogP contribution in [0.15, 0.2) is 24.3 Å². The lowest BCUT2D eigenvalue weighted by Gasteiger charge is -2.35. The van der Waals surface area contributed by atoms with E-state index in [1.54, 1.807) is 41.5 Å². The van der Waals surface area contributed by atoms with E-state index in [-0.39, 0.29) is 12.8 Å². The van der Waals surface area contributed by atoms with Gasteiger partial charge in [0.25, 0.3) is 7.37 Å². The highest BCUT2D eigenvalue weighted by molar-refractivity contribution is 7.61. The van der Waals surface area contributed by atoms with Gasteiger partial charge in [0.1, 0.15) is 11.6 Å². The smallest absolute Gasteiger partial charge is 0.312 e. The van der Waals surface area contributed by atoms with Gasteiger partial charge in [-0.3, -0.25) is 9.36 Å². The Morgan fingerprint density at radius 2 is 1.65 bits per heavy atom. The van der Waals surface area contributed by atoms with E-state index in [0.717, 1.165) is 0 Å². The number of hydrogen-bond acceptors (Lipinski definition) is 4. The molecule has 1 aromatic carbocycles. The molecule has 1 rings (SSSR count). The number of hydrogen-bond donors (Lipinski definition) is 0. The molecule has 0 radical (unpaired) electrons. The fourth-order valence-corrected chi connectivity index (χ4v) is 4.43. The van der Waals surface area contributed by atoms with Crippen molar-refractivity contribution in [1.29, 1.82) is 0 Å². The summed E-state index contributed by atoms with van der Waals surface area (Å²) in [7, 11) is -3.26. The van der Waals surface area contributed by atoms with Gasteiger partial charge in [-0.05, 0) is 45.0 Å². The lowest BCUT2D eigenvalue weighted by molar-refractivity contribution is -0.152. The van der Waals surface area contributed by atoms with Crippen molar-refractivity contribution in [2.24, 2.45) is 5.41 Å². The quantitative estimate of drug-likeness (QED) is 0.546. The van der Waals surface area contributed by atoms with Gasteiger partial charge in [0.05, 0.1) is 18.2 Å². The molecule has 130 valence electrons. The molecule has 0 aliphatic carbocycles. The minimum atomic E-state index is -3.26. The van der Waals surface area contributed by atoms with Gasteiger partial charge in [-0.15, -0.1) is 0 Å². The van der Waals surface area contributed by atoms with E-state index >= 15 is 0 Å². The molecule has 4 nitrogen and oxygen atoms in total. The molecule has 0 N–H and O–H groups in total. The van der Waals surface area contributed by atoms with E-state index in [2.05, 4.69) is 0 Å². The highest BCUT2D eigenvalue weighted by atomic mass is 31.2. The Bertz CT molecular complexity index is 588. The summed E-state index contributed by atoms with van der Waals surface area (Å²) in [6.07, 6.45) is 0.0414. The van der Waals surface area contributed by atoms with E-state index in [4.69, 9.17) is 9.26 Å². The van der Waals surface area contributed by atoms with E-state index < -0.39 is 29.7 Å². The maximum atomic E-state index is 13.5. The average Bonchev–Trinajstić information content (AvgIpc) is 2.40. The number of halogens is 1. The summed E-state index contributed by atoms with van der Waals surface area (Å²) in [5, 5.41) is -0.675. The van der Waals surface area contributed by atoms with Crippen LogP contribution in [-0.4, -0.2) is 23.9 Å². The molecule has 1 atom stereocenters. The zero-order chi connectivity index (χ0) is 17.9. The van der Waals surface area contributed by atoms with Crippen LogP contribution in [0.1, 0.15) is 41.5 Å². The maximum absolute atomic E-state index is 13.5. The third-order valence-electron chi connectivity index (χ3n) is 3.52. The summed E-state index contributed by atoms with van der Waals surface area (Å²) in [5.74, 6) is -0.480. The van der Waals surface area contributed by atoms with Crippen LogP contribution in [0.2, 0.25) is 0 Å². The number of ether oxygens (including phenoxy) is 1. The van der Waals surface area contributed by atoms with Crippen LogP contribution in [0, 0.1) is 11.2 Å². The number of esters is 1. The molecule has 0 fully saturated rings. The Hall–Kier alpha value is -1.35. The van der Waals surface area contributed by atoms with E-state index in [9.17, 15) is 13.8 Å². The molecular formula is C17H26FO4P. The zero-order valence-electron chi connectivity index (χ0n) is 14.7. The van der Waals surface area contributed by atoms with Crippen molar-refractivity contribution in [3.05, 3.63) is 30.1 Å². The van der Waals surface area contributed by atoms with Gasteiger partial charge in [-0.1, -0.05) is 20.8 Å². The van der Waals surface area contributed by atoms with Gasteiger partial charge >= 0.3 is 5.97 Å². The van der Waals surface area contributed by atoms with Gasteiger partial charge in [-0.25, -0.2) is 4.39 Å². The summed E-state index contributed by atoms with van der Waals surface area (Å²) in [5.41, 5.74) is -0.946. The second kappa shape index (κ2) is 7.04. The Morgan fingerprint density at radius 3 is 2.09 bits per heavy atom. The van der Waals surface area contributed by atoms with Gasteiger partial charge in [-0.2, -0.15) is 0 Å². The number of rotatable bonds is 6. The summed E-state index contributed by atoms with van der Waals surface area (Å²) in [4.78, 5) is 12.1. The van der Waals surface area contributed by atoms with E-state index in [0.29, 0.717) is 5.75 Å². The second-order valence-corrected chi connectivity index (χ2v) is 10.3. The van der Waals surface area contributed by atoms with Crippen LogP contribution in [0.3, 0.4) is 0 Å². The summed E-state index contributed by atoms with van der Waals surface area (Å²) in [6, 6.07) is 5.37. The first-order valence-electron chi connectivity index (χ1n) is 7.63. The molecular weight excluding hydrogens is 318 g/mol. The van der Waals surface area contributed by atoms with Crippen LogP contribution in [0.25, 0.3) is 0 Å². The zero-order valence-corrected chi connectivity index (χ0v) is 15.6. The first-order chi connectivity index (χ1) is 10.4. The molecule has 0 unspecified atom stereocenters. The van der Waals surface area contributed by atoms with Crippen LogP contribution in [-0.2, 0) is 14.1 Å².